The van der Waals surface area contributed by atoms with E-state index in [9.17, 15) is 4.79 Å². The summed E-state index contributed by atoms with van der Waals surface area (Å²) in [4.78, 5) is 22.3. The van der Waals surface area contributed by atoms with Crippen molar-refractivity contribution in [1.29, 1.82) is 0 Å². The number of ether oxygens (including phenoxy) is 1. The monoisotopic (exact) mass is 451 g/mol. The molecule has 0 saturated carbocycles. The molecule has 34 heavy (non-hydrogen) atoms. The molecule has 0 atom stereocenters. The molecule has 2 heterocycles. The zero-order valence-electron chi connectivity index (χ0n) is 19.7. The third kappa shape index (κ3) is 4.52. The van der Waals surface area contributed by atoms with E-state index in [2.05, 4.69) is 60.4 Å². The minimum Gasteiger partial charge on any atom is -0.378 e. The van der Waals surface area contributed by atoms with Crippen molar-refractivity contribution in [3.05, 3.63) is 95.7 Å². The summed E-state index contributed by atoms with van der Waals surface area (Å²) in [6.45, 7) is 5.59. The number of nitrogens with zero attached hydrogens (tertiary/aromatic N) is 3. The van der Waals surface area contributed by atoms with Gasteiger partial charge in [-0.05, 0) is 52.1 Å². The van der Waals surface area contributed by atoms with Crippen molar-refractivity contribution >= 4 is 22.5 Å². The van der Waals surface area contributed by atoms with Gasteiger partial charge in [-0.1, -0.05) is 60.7 Å². The van der Waals surface area contributed by atoms with Crippen LogP contribution in [0, 0.1) is 6.92 Å². The average Bonchev–Trinajstić information content (AvgIpc) is 2.88. The van der Waals surface area contributed by atoms with Crippen molar-refractivity contribution in [2.24, 2.45) is 0 Å². The van der Waals surface area contributed by atoms with Gasteiger partial charge in [-0.2, -0.15) is 0 Å². The van der Waals surface area contributed by atoms with Crippen LogP contribution in [0.5, 0.6) is 0 Å². The van der Waals surface area contributed by atoms with E-state index >= 15 is 0 Å². The summed E-state index contributed by atoms with van der Waals surface area (Å²) in [5.41, 5.74) is 4.83. The van der Waals surface area contributed by atoms with E-state index < -0.39 is 0 Å². The zero-order chi connectivity index (χ0) is 23.5. The first kappa shape index (κ1) is 22.1. The summed E-state index contributed by atoms with van der Waals surface area (Å²) < 4.78 is 5.50. The second-order valence-corrected chi connectivity index (χ2v) is 8.85. The van der Waals surface area contributed by atoms with Crippen molar-refractivity contribution in [3.8, 4) is 11.1 Å². The lowest BCUT2D eigenvalue weighted by Crippen LogP contribution is -2.37. The highest BCUT2D eigenvalue weighted by Crippen LogP contribution is 2.31. The summed E-state index contributed by atoms with van der Waals surface area (Å²) in [7, 11) is 1.86. The summed E-state index contributed by atoms with van der Waals surface area (Å²) in [6.07, 6.45) is 1.74. The zero-order valence-corrected chi connectivity index (χ0v) is 19.7. The number of carbonyl (C=O) groups excluding carboxylic acids is 1. The van der Waals surface area contributed by atoms with Crippen LogP contribution in [0.25, 0.3) is 21.9 Å². The fraction of sp³-hybridized carbons (Fsp3) is 0.241. The number of aryl methyl sites for hydroxylation is 1. The Morgan fingerprint density at radius 1 is 0.941 bits per heavy atom. The minimum absolute atomic E-state index is 0.0348. The molecule has 172 valence electrons. The fourth-order valence-electron chi connectivity index (χ4n) is 4.57. The molecule has 1 saturated heterocycles. The molecule has 1 fully saturated rings. The molecule has 0 unspecified atom stereocenters. The second-order valence-electron chi connectivity index (χ2n) is 8.85. The Morgan fingerprint density at radius 3 is 2.47 bits per heavy atom. The number of carbonyl (C=O) groups is 1. The Hall–Kier alpha value is -3.70. The van der Waals surface area contributed by atoms with Gasteiger partial charge in [0.05, 0.1) is 18.8 Å². The number of amides is 1. The molecule has 3 aromatic carbocycles. The van der Waals surface area contributed by atoms with Gasteiger partial charge in [0.15, 0.2) is 0 Å². The highest BCUT2D eigenvalue weighted by atomic mass is 16.5. The minimum atomic E-state index is -0.0348. The number of benzene rings is 3. The molecule has 4 aromatic rings. The highest BCUT2D eigenvalue weighted by Gasteiger charge is 2.21. The number of pyridine rings is 1. The van der Waals surface area contributed by atoms with Crippen LogP contribution < -0.4 is 4.90 Å². The number of hydrogen-bond donors (Lipinski definition) is 0. The molecule has 1 aliphatic heterocycles. The highest BCUT2D eigenvalue weighted by molar-refractivity contribution is 6.01. The second kappa shape index (κ2) is 9.65. The van der Waals surface area contributed by atoms with Gasteiger partial charge < -0.3 is 14.5 Å². The van der Waals surface area contributed by atoms with Gasteiger partial charge in [-0.3, -0.25) is 4.79 Å². The van der Waals surface area contributed by atoms with E-state index in [1.807, 2.05) is 31.3 Å². The van der Waals surface area contributed by atoms with Crippen molar-refractivity contribution in [2.45, 2.75) is 13.5 Å². The molecule has 0 aliphatic carbocycles. The first-order chi connectivity index (χ1) is 16.6. The topological polar surface area (TPSA) is 45.7 Å². The number of hydrogen-bond acceptors (Lipinski definition) is 4. The van der Waals surface area contributed by atoms with E-state index in [1.54, 1.807) is 11.1 Å². The van der Waals surface area contributed by atoms with Crippen LogP contribution >= 0.6 is 0 Å². The number of rotatable bonds is 5. The van der Waals surface area contributed by atoms with E-state index in [1.165, 1.54) is 10.8 Å². The lowest BCUT2D eigenvalue weighted by atomic mass is 9.96. The van der Waals surface area contributed by atoms with E-state index in [0.717, 1.165) is 41.2 Å². The van der Waals surface area contributed by atoms with Gasteiger partial charge >= 0.3 is 0 Å². The van der Waals surface area contributed by atoms with E-state index in [-0.39, 0.29) is 5.91 Å². The molecule has 5 rings (SSSR count). The smallest absolute Gasteiger partial charge is 0.256 e. The normalized spacial score (nSPS) is 13.8. The SMILES string of the molecule is Cc1ccccc1-c1cc(N2CCOCC2)ncc1C(=O)N(C)Cc1ccc2ccccc2c1. The Kier molecular flexibility index (Phi) is 6.28. The van der Waals surface area contributed by atoms with E-state index in [0.29, 0.717) is 25.3 Å². The van der Waals surface area contributed by atoms with Crippen LogP contribution in [-0.4, -0.2) is 49.1 Å². The molecular weight excluding hydrogens is 422 g/mol. The molecule has 1 aromatic heterocycles. The molecule has 1 aliphatic rings. The third-order valence-corrected chi connectivity index (χ3v) is 6.47. The maximum atomic E-state index is 13.7. The predicted octanol–water partition coefficient (Wildman–Crippen LogP) is 5.32. The number of aromatic nitrogens is 1. The van der Waals surface area contributed by atoms with Gasteiger partial charge in [-0.25, -0.2) is 4.98 Å². The maximum absolute atomic E-state index is 13.7. The van der Waals surface area contributed by atoms with Crippen molar-refractivity contribution in [2.75, 3.05) is 38.3 Å². The molecule has 5 heteroatoms. The number of fused-ring (bicyclic) bond motifs is 1. The molecular formula is C29H29N3O2. The summed E-state index contributed by atoms with van der Waals surface area (Å²) in [5.74, 6) is 0.850. The Balaban J connectivity index is 1.48. The van der Waals surface area contributed by atoms with Crippen LogP contribution in [0.15, 0.2) is 79.0 Å². The van der Waals surface area contributed by atoms with Crippen LogP contribution in [-0.2, 0) is 11.3 Å². The van der Waals surface area contributed by atoms with Crippen LogP contribution in [0.1, 0.15) is 21.5 Å². The first-order valence-corrected chi connectivity index (χ1v) is 11.7. The van der Waals surface area contributed by atoms with Crippen molar-refractivity contribution < 1.29 is 9.53 Å². The van der Waals surface area contributed by atoms with E-state index in [4.69, 9.17) is 9.72 Å². The van der Waals surface area contributed by atoms with Crippen molar-refractivity contribution in [1.82, 2.24) is 9.88 Å². The quantitative estimate of drug-likeness (QED) is 0.412. The van der Waals surface area contributed by atoms with Gasteiger partial charge in [0.2, 0.25) is 0 Å². The fourth-order valence-corrected chi connectivity index (χ4v) is 4.57. The predicted molar refractivity (Wildman–Crippen MR) is 137 cm³/mol. The standard InChI is InChI=1S/C29H29N3O2/c1-21-7-3-6-10-25(21)26-18-28(32-13-15-34-16-14-32)30-19-27(26)29(33)31(2)20-22-11-12-23-8-4-5-9-24(23)17-22/h3-12,17-19H,13-16,20H2,1-2H3. The summed E-state index contributed by atoms with van der Waals surface area (Å²) >= 11 is 0. The lowest BCUT2D eigenvalue weighted by Gasteiger charge is -2.29. The largest absolute Gasteiger partial charge is 0.378 e. The van der Waals surface area contributed by atoms with Gasteiger partial charge in [0, 0.05) is 32.9 Å². The molecule has 5 nitrogen and oxygen atoms in total. The molecule has 0 spiro atoms. The Morgan fingerprint density at radius 2 is 1.68 bits per heavy atom. The first-order valence-electron chi connectivity index (χ1n) is 11.7. The van der Waals surface area contributed by atoms with Crippen LogP contribution in [0.3, 0.4) is 0 Å². The molecule has 0 radical (unpaired) electrons. The molecule has 0 bridgehead atoms. The van der Waals surface area contributed by atoms with Crippen LogP contribution in [0.4, 0.5) is 5.82 Å². The van der Waals surface area contributed by atoms with Gasteiger partial charge in [-0.15, -0.1) is 0 Å². The Labute approximate surface area is 200 Å². The van der Waals surface area contributed by atoms with Crippen molar-refractivity contribution in [3.63, 3.8) is 0 Å². The molecule has 1 amide bonds. The van der Waals surface area contributed by atoms with Gasteiger partial charge in [0.1, 0.15) is 5.82 Å². The Bertz CT molecular complexity index is 1330. The third-order valence-electron chi connectivity index (χ3n) is 6.47. The summed E-state index contributed by atoms with van der Waals surface area (Å²) in [6, 6.07) is 24.9. The molecule has 0 N–H and O–H groups in total. The summed E-state index contributed by atoms with van der Waals surface area (Å²) in [5, 5.41) is 2.38. The average molecular weight is 452 g/mol. The lowest BCUT2D eigenvalue weighted by molar-refractivity contribution is 0.0785. The van der Waals surface area contributed by atoms with Crippen LogP contribution in [0.2, 0.25) is 0 Å². The number of anilines is 1. The number of morpholine rings is 1. The van der Waals surface area contributed by atoms with Gasteiger partial charge in [0.25, 0.3) is 5.91 Å². The maximum Gasteiger partial charge on any atom is 0.256 e.